The molecule has 2 N–H and O–H groups in total. The van der Waals surface area contributed by atoms with E-state index in [1.54, 1.807) is 12.2 Å². The van der Waals surface area contributed by atoms with Gasteiger partial charge in [0.25, 0.3) is 0 Å². The van der Waals surface area contributed by atoms with Crippen molar-refractivity contribution in [1.82, 2.24) is 0 Å². The second-order valence-electron chi connectivity index (χ2n) is 4.18. The molecule has 0 rings (SSSR count). The molecule has 0 aliphatic carbocycles. The van der Waals surface area contributed by atoms with Crippen LogP contribution in [0.2, 0.25) is 0 Å². The largest absolute Gasteiger partial charge is 0.478 e. The summed E-state index contributed by atoms with van der Waals surface area (Å²) in [7, 11) is 0. The molecule has 18 heavy (non-hydrogen) atoms. The van der Waals surface area contributed by atoms with E-state index >= 15 is 0 Å². The number of aliphatic carboxylic acids is 2. The van der Waals surface area contributed by atoms with Crippen molar-refractivity contribution in [1.29, 1.82) is 0 Å². The minimum absolute atomic E-state index is 0.325. The van der Waals surface area contributed by atoms with Crippen LogP contribution >= 0.6 is 0 Å². The normalized spacial score (nSPS) is 10.7. The van der Waals surface area contributed by atoms with E-state index in [4.69, 9.17) is 10.2 Å². The standard InChI is InChI=1S/C8H14O2.C6H10O2/c1-2-3-4-5-6-7-8(9)10;1-5(2)3-4-6(7)8/h6-7H,2-5H2,1H3,(H,9,10);3-5H,1-2H3,(H,7,8). The molecule has 0 amide bonds. The van der Waals surface area contributed by atoms with Crippen molar-refractivity contribution < 1.29 is 19.8 Å². The zero-order chi connectivity index (χ0) is 14.4. The second kappa shape index (κ2) is 13.5. The van der Waals surface area contributed by atoms with Gasteiger partial charge in [0.15, 0.2) is 0 Å². The Labute approximate surface area is 109 Å². The Morgan fingerprint density at radius 3 is 1.94 bits per heavy atom. The summed E-state index contributed by atoms with van der Waals surface area (Å²) in [6.45, 7) is 5.99. The number of unbranched alkanes of at least 4 members (excludes halogenated alkanes) is 3. The van der Waals surface area contributed by atoms with Crippen molar-refractivity contribution in [3.05, 3.63) is 24.3 Å². The topological polar surface area (TPSA) is 74.6 Å². The number of hydrogen-bond acceptors (Lipinski definition) is 2. The average molecular weight is 256 g/mol. The van der Waals surface area contributed by atoms with Crippen LogP contribution in [0.3, 0.4) is 0 Å². The smallest absolute Gasteiger partial charge is 0.327 e. The second-order valence-corrected chi connectivity index (χ2v) is 4.18. The zero-order valence-corrected chi connectivity index (χ0v) is 11.4. The third kappa shape index (κ3) is 23.9. The molecule has 104 valence electrons. The first-order valence-electron chi connectivity index (χ1n) is 6.20. The van der Waals surface area contributed by atoms with Crippen molar-refractivity contribution in [2.75, 3.05) is 0 Å². The monoisotopic (exact) mass is 256 g/mol. The first-order chi connectivity index (χ1) is 8.40. The number of carboxylic acid groups (broad SMARTS) is 2. The minimum atomic E-state index is -0.876. The third-order valence-corrected chi connectivity index (χ3v) is 1.86. The van der Waals surface area contributed by atoms with Gasteiger partial charge < -0.3 is 10.2 Å². The molecule has 0 saturated heterocycles. The van der Waals surface area contributed by atoms with Gasteiger partial charge in [-0.25, -0.2) is 9.59 Å². The van der Waals surface area contributed by atoms with Crippen molar-refractivity contribution in [3.63, 3.8) is 0 Å². The molecular formula is C14H24O4. The lowest BCUT2D eigenvalue weighted by Gasteiger charge is -1.89. The van der Waals surface area contributed by atoms with Gasteiger partial charge in [0.2, 0.25) is 0 Å². The van der Waals surface area contributed by atoms with Gasteiger partial charge in [-0.3, -0.25) is 0 Å². The highest BCUT2D eigenvalue weighted by Gasteiger charge is 1.86. The van der Waals surface area contributed by atoms with E-state index < -0.39 is 11.9 Å². The Hall–Kier alpha value is -1.58. The summed E-state index contributed by atoms with van der Waals surface area (Å²) in [5.41, 5.74) is 0. The molecule has 0 atom stereocenters. The van der Waals surface area contributed by atoms with Gasteiger partial charge in [-0.2, -0.15) is 0 Å². The fraction of sp³-hybridized carbons (Fsp3) is 0.571. The minimum Gasteiger partial charge on any atom is -0.478 e. The summed E-state index contributed by atoms with van der Waals surface area (Å²) in [5.74, 6) is -1.40. The van der Waals surface area contributed by atoms with Gasteiger partial charge in [0, 0.05) is 12.2 Å². The van der Waals surface area contributed by atoms with Gasteiger partial charge in [-0.1, -0.05) is 45.8 Å². The van der Waals surface area contributed by atoms with Gasteiger partial charge in [-0.05, 0) is 18.8 Å². The highest BCUT2D eigenvalue weighted by atomic mass is 16.4. The van der Waals surface area contributed by atoms with E-state index in [0.717, 1.165) is 18.9 Å². The van der Waals surface area contributed by atoms with Gasteiger partial charge in [0.05, 0.1) is 0 Å². The Morgan fingerprint density at radius 1 is 1.06 bits per heavy atom. The highest BCUT2D eigenvalue weighted by molar-refractivity contribution is 5.79. The Balaban J connectivity index is 0. The van der Waals surface area contributed by atoms with Crippen LogP contribution in [-0.4, -0.2) is 22.2 Å². The summed E-state index contributed by atoms with van der Waals surface area (Å²) < 4.78 is 0. The summed E-state index contributed by atoms with van der Waals surface area (Å²) in [5, 5.41) is 16.3. The number of carboxylic acids is 2. The Kier molecular flexibility index (Phi) is 14.1. The molecule has 4 nitrogen and oxygen atoms in total. The van der Waals surface area contributed by atoms with Crippen LogP contribution in [-0.2, 0) is 9.59 Å². The van der Waals surface area contributed by atoms with E-state index in [1.165, 1.54) is 18.9 Å². The highest BCUT2D eigenvalue weighted by Crippen LogP contribution is 1.98. The van der Waals surface area contributed by atoms with Crippen molar-refractivity contribution in [2.45, 2.75) is 46.5 Å². The number of hydrogen-bond donors (Lipinski definition) is 2. The lowest BCUT2D eigenvalue weighted by molar-refractivity contribution is -0.132. The molecule has 0 aromatic heterocycles. The summed E-state index contributed by atoms with van der Waals surface area (Å²) in [6, 6.07) is 0. The fourth-order valence-corrected chi connectivity index (χ4v) is 0.971. The molecule has 0 unspecified atom stereocenters. The molecule has 0 aromatic carbocycles. The molecule has 0 radical (unpaired) electrons. The van der Waals surface area contributed by atoms with Crippen LogP contribution in [0.4, 0.5) is 0 Å². The van der Waals surface area contributed by atoms with E-state index in [9.17, 15) is 9.59 Å². The molecule has 0 spiro atoms. The SMILES string of the molecule is CC(C)C=CC(=O)O.CCCCCC=CC(=O)O. The molecule has 0 aromatic rings. The van der Waals surface area contributed by atoms with Crippen molar-refractivity contribution in [2.24, 2.45) is 5.92 Å². The molecule has 0 fully saturated rings. The first-order valence-corrected chi connectivity index (χ1v) is 6.20. The van der Waals surface area contributed by atoms with E-state index in [-0.39, 0.29) is 0 Å². The zero-order valence-electron chi connectivity index (χ0n) is 11.4. The number of rotatable bonds is 7. The van der Waals surface area contributed by atoms with Crippen LogP contribution < -0.4 is 0 Å². The van der Waals surface area contributed by atoms with Gasteiger partial charge in [0.1, 0.15) is 0 Å². The molecule has 0 heterocycles. The molecule has 0 aliphatic heterocycles. The summed E-state index contributed by atoms with van der Waals surface area (Å²) >= 11 is 0. The molecule has 0 bridgehead atoms. The maximum atomic E-state index is 9.95. The van der Waals surface area contributed by atoms with Crippen molar-refractivity contribution in [3.8, 4) is 0 Å². The summed E-state index contributed by atoms with van der Waals surface area (Å²) in [6.07, 6.45) is 10.1. The number of carbonyl (C=O) groups is 2. The predicted molar refractivity (Wildman–Crippen MR) is 72.5 cm³/mol. The predicted octanol–water partition coefficient (Wildman–Crippen LogP) is 3.49. The van der Waals surface area contributed by atoms with E-state index in [0.29, 0.717) is 5.92 Å². The fourth-order valence-electron chi connectivity index (χ4n) is 0.971. The van der Waals surface area contributed by atoms with Gasteiger partial charge >= 0.3 is 11.9 Å². The van der Waals surface area contributed by atoms with Crippen LogP contribution in [0, 0.1) is 5.92 Å². The summed E-state index contributed by atoms with van der Waals surface area (Å²) in [4.78, 5) is 19.8. The first kappa shape index (κ1) is 18.8. The van der Waals surface area contributed by atoms with Gasteiger partial charge in [-0.15, -0.1) is 0 Å². The van der Waals surface area contributed by atoms with Crippen molar-refractivity contribution >= 4 is 11.9 Å². The van der Waals surface area contributed by atoms with E-state index in [2.05, 4.69) is 6.92 Å². The lowest BCUT2D eigenvalue weighted by Crippen LogP contribution is -1.87. The Morgan fingerprint density at radius 2 is 1.61 bits per heavy atom. The molecular weight excluding hydrogens is 232 g/mol. The quantitative estimate of drug-likeness (QED) is 0.540. The molecule has 0 saturated carbocycles. The van der Waals surface area contributed by atoms with Crippen LogP contribution in [0.5, 0.6) is 0 Å². The van der Waals surface area contributed by atoms with Crippen LogP contribution in [0.1, 0.15) is 46.5 Å². The third-order valence-electron chi connectivity index (χ3n) is 1.86. The van der Waals surface area contributed by atoms with Crippen LogP contribution in [0.25, 0.3) is 0 Å². The molecule has 4 heteroatoms. The Bertz CT molecular complexity index is 278. The molecule has 0 aliphatic rings. The lowest BCUT2D eigenvalue weighted by atomic mass is 10.2. The maximum absolute atomic E-state index is 9.95. The van der Waals surface area contributed by atoms with E-state index in [1.807, 2.05) is 13.8 Å². The average Bonchev–Trinajstić information content (AvgIpc) is 2.26. The number of allylic oxidation sites excluding steroid dienone is 2. The van der Waals surface area contributed by atoms with Crippen LogP contribution in [0.15, 0.2) is 24.3 Å². The maximum Gasteiger partial charge on any atom is 0.327 e.